The average molecular weight is 541 g/mol. The first-order valence-electron chi connectivity index (χ1n) is 12.9. The Morgan fingerprint density at radius 1 is 0.892 bits per heavy atom. The second-order valence-electron chi connectivity index (χ2n) is 10.0. The van der Waals surface area contributed by atoms with Gasteiger partial charge in [-0.25, -0.2) is 0 Å². The minimum absolute atomic E-state index is 0. The van der Waals surface area contributed by atoms with Crippen LogP contribution in [0.25, 0.3) is 10.9 Å². The third kappa shape index (κ3) is 6.50. The number of benzene rings is 3. The summed E-state index contributed by atoms with van der Waals surface area (Å²) in [5.41, 5.74) is 5.23. The molecule has 4 nitrogen and oxygen atoms in total. The summed E-state index contributed by atoms with van der Waals surface area (Å²) in [6.45, 7) is 1.57. The molecule has 3 aromatic carbocycles. The Morgan fingerprint density at radius 2 is 1.57 bits per heavy atom. The van der Waals surface area contributed by atoms with Gasteiger partial charge < -0.3 is 15.0 Å². The summed E-state index contributed by atoms with van der Waals surface area (Å²) >= 11 is 0. The van der Waals surface area contributed by atoms with Crippen LogP contribution in [0.1, 0.15) is 42.4 Å². The van der Waals surface area contributed by atoms with Gasteiger partial charge in [-0.3, -0.25) is 4.90 Å². The number of aromatic amines is 1. The van der Waals surface area contributed by atoms with Gasteiger partial charge in [0.15, 0.2) is 0 Å². The van der Waals surface area contributed by atoms with Crippen LogP contribution in [-0.4, -0.2) is 36.6 Å². The molecule has 0 amide bonds. The van der Waals surface area contributed by atoms with Gasteiger partial charge in [-0.15, -0.1) is 24.8 Å². The molecule has 0 radical (unpaired) electrons. The van der Waals surface area contributed by atoms with Crippen molar-refractivity contribution in [2.75, 3.05) is 20.6 Å². The molecule has 0 spiro atoms. The molecule has 37 heavy (non-hydrogen) atoms. The van der Waals surface area contributed by atoms with E-state index in [-0.39, 0.29) is 30.4 Å². The Kier molecular flexibility index (Phi) is 10.5. The van der Waals surface area contributed by atoms with E-state index in [1.165, 1.54) is 47.8 Å². The summed E-state index contributed by atoms with van der Waals surface area (Å²) in [6, 6.07) is 28.3. The third-order valence-electron chi connectivity index (χ3n) is 7.81. The van der Waals surface area contributed by atoms with Gasteiger partial charge in [0.25, 0.3) is 0 Å². The number of H-pyrrole nitrogens is 1. The highest BCUT2D eigenvalue weighted by Crippen LogP contribution is 2.41. The van der Waals surface area contributed by atoms with E-state index < -0.39 is 0 Å². The van der Waals surface area contributed by atoms with Crippen molar-refractivity contribution in [1.29, 1.82) is 0 Å². The number of fused-ring (bicyclic) bond motifs is 1. The monoisotopic (exact) mass is 539 g/mol. The van der Waals surface area contributed by atoms with Crippen LogP contribution in [0.2, 0.25) is 0 Å². The van der Waals surface area contributed by atoms with E-state index in [4.69, 9.17) is 4.74 Å². The molecular formula is C31H39Cl2N3O. The number of nitrogens with zero attached hydrogens (tertiary/aromatic N) is 1. The van der Waals surface area contributed by atoms with Crippen molar-refractivity contribution in [2.45, 2.75) is 50.3 Å². The number of para-hydroxylation sites is 1. The quantitative estimate of drug-likeness (QED) is 0.238. The molecule has 0 unspecified atom stereocenters. The van der Waals surface area contributed by atoms with Crippen molar-refractivity contribution in [3.05, 3.63) is 102 Å². The number of aromatic nitrogens is 1. The molecule has 4 aromatic rings. The zero-order valence-corrected chi connectivity index (χ0v) is 23.4. The second kappa shape index (κ2) is 13.3. The molecule has 5 rings (SSSR count). The van der Waals surface area contributed by atoms with Gasteiger partial charge in [0, 0.05) is 23.2 Å². The predicted molar refractivity (Wildman–Crippen MR) is 159 cm³/mol. The van der Waals surface area contributed by atoms with Crippen LogP contribution < -0.4 is 10.1 Å². The summed E-state index contributed by atoms with van der Waals surface area (Å²) in [5, 5.41) is 5.11. The van der Waals surface area contributed by atoms with Crippen LogP contribution in [0.5, 0.6) is 5.75 Å². The summed E-state index contributed by atoms with van der Waals surface area (Å²) in [4.78, 5) is 5.90. The number of ether oxygens (including phenoxy) is 1. The SMILES string of the molecule is CN(C)C1(c2ccccc2)CCC(NCCc2c[nH]c3c(OCc4ccccc4)cccc23)CC1.Cl.Cl. The van der Waals surface area contributed by atoms with E-state index >= 15 is 0 Å². The van der Waals surface area contributed by atoms with Gasteiger partial charge in [0.2, 0.25) is 0 Å². The smallest absolute Gasteiger partial charge is 0.143 e. The van der Waals surface area contributed by atoms with Crippen molar-refractivity contribution in [3.63, 3.8) is 0 Å². The summed E-state index contributed by atoms with van der Waals surface area (Å²) < 4.78 is 6.14. The molecule has 1 saturated carbocycles. The van der Waals surface area contributed by atoms with E-state index in [9.17, 15) is 0 Å². The van der Waals surface area contributed by atoms with Gasteiger partial charge in [-0.2, -0.15) is 0 Å². The molecule has 0 aliphatic heterocycles. The van der Waals surface area contributed by atoms with Gasteiger partial charge in [0.1, 0.15) is 12.4 Å². The topological polar surface area (TPSA) is 40.3 Å². The van der Waals surface area contributed by atoms with Crippen LogP contribution in [-0.2, 0) is 18.6 Å². The number of hydrogen-bond donors (Lipinski definition) is 2. The predicted octanol–water partition coefficient (Wildman–Crippen LogP) is 7.12. The van der Waals surface area contributed by atoms with E-state index in [1.54, 1.807) is 0 Å². The molecule has 2 N–H and O–H groups in total. The van der Waals surface area contributed by atoms with Crippen molar-refractivity contribution >= 4 is 35.7 Å². The zero-order chi connectivity index (χ0) is 24.1. The first-order valence-corrected chi connectivity index (χ1v) is 12.9. The minimum Gasteiger partial charge on any atom is -0.487 e. The molecule has 0 atom stereocenters. The van der Waals surface area contributed by atoms with E-state index in [2.05, 4.69) is 96.2 Å². The summed E-state index contributed by atoms with van der Waals surface area (Å²) in [5.74, 6) is 0.916. The minimum atomic E-state index is 0. The normalized spacial score (nSPS) is 19.3. The van der Waals surface area contributed by atoms with E-state index in [0.717, 1.165) is 24.2 Å². The Hall–Kier alpha value is -2.50. The Bertz CT molecular complexity index is 1220. The van der Waals surface area contributed by atoms with Crippen LogP contribution in [0.15, 0.2) is 85.1 Å². The maximum Gasteiger partial charge on any atom is 0.143 e. The van der Waals surface area contributed by atoms with Crippen molar-refractivity contribution in [1.82, 2.24) is 15.2 Å². The molecule has 1 aliphatic rings. The van der Waals surface area contributed by atoms with E-state index in [0.29, 0.717) is 12.6 Å². The maximum atomic E-state index is 6.14. The number of nitrogens with one attached hydrogen (secondary N) is 2. The molecule has 0 saturated heterocycles. The fraction of sp³-hybridized carbons (Fsp3) is 0.355. The standard InChI is InChI=1S/C31H37N3O.2ClH/c1-34(2)31(26-12-7-4-8-13-26)19-16-27(17-20-31)32-21-18-25-22-33-30-28(25)14-9-15-29(30)35-23-24-10-5-3-6-11-24;;/h3-15,22,27,32-33H,16-21,23H2,1-2H3;2*1H. The molecule has 1 fully saturated rings. The molecule has 1 aromatic heterocycles. The molecule has 6 heteroatoms. The average Bonchev–Trinajstić information content (AvgIpc) is 3.32. The van der Waals surface area contributed by atoms with Crippen LogP contribution in [0.4, 0.5) is 0 Å². The van der Waals surface area contributed by atoms with Crippen molar-refractivity contribution in [3.8, 4) is 5.75 Å². The lowest BCUT2D eigenvalue weighted by Gasteiger charge is -2.45. The van der Waals surface area contributed by atoms with Gasteiger partial charge in [-0.05, 0) is 75.5 Å². The molecule has 1 aliphatic carbocycles. The first kappa shape index (κ1) is 29.1. The Balaban J connectivity index is 0.00000190. The lowest BCUT2D eigenvalue weighted by atomic mass is 9.74. The lowest BCUT2D eigenvalue weighted by molar-refractivity contribution is 0.0858. The van der Waals surface area contributed by atoms with E-state index in [1.807, 2.05) is 18.2 Å². The van der Waals surface area contributed by atoms with Gasteiger partial charge in [0.05, 0.1) is 5.52 Å². The third-order valence-corrected chi connectivity index (χ3v) is 7.81. The van der Waals surface area contributed by atoms with Crippen molar-refractivity contribution < 1.29 is 4.74 Å². The van der Waals surface area contributed by atoms with Gasteiger partial charge >= 0.3 is 0 Å². The fourth-order valence-electron chi connectivity index (χ4n) is 5.70. The largest absolute Gasteiger partial charge is 0.487 e. The highest BCUT2D eigenvalue weighted by molar-refractivity contribution is 5.88. The maximum absolute atomic E-state index is 6.14. The van der Waals surface area contributed by atoms with Crippen LogP contribution >= 0.6 is 24.8 Å². The van der Waals surface area contributed by atoms with Gasteiger partial charge in [-0.1, -0.05) is 72.8 Å². The highest BCUT2D eigenvalue weighted by Gasteiger charge is 2.38. The lowest BCUT2D eigenvalue weighted by Crippen LogP contribution is -2.48. The zero-order valence-electron chi connectivity index (χ0n) is 21.8. The fourth-order valence-corrected chi connectivity index (χ4v) is 5.70. The molecule has 198 valence electrons. The summed E-state index contributed by atoms with van der Waals surface area (Å²) in [7, 11) is 4.46. The number of halogens is 2. The van der Waals surface area contributed by atoms with Crippen LogP contribution in [0, 0.1) is 0 Å². The highest BCUT2D eigenvalue weighted by atomic mass is 35.5. The molecule has 1 heterocycles. The van der Waals surface area contributed by atoms with Crippen LogP contribution in [0.3, 0.4) is 0 Å². The summed E-state index contributed by atoms with van der Waals surface area (Å²) in [6.07, 6.45) is 7.95. The second-order valence-corrected chi connectivity index (χ2v) is 10.0. The number of rotatable bonds is 9. The molecule has 0 bridgehead atoms. The Labute approximate surface area is 233 Å². The molecular weight excluding hydrogens is 501 g/mol. The number of hydrogen-bond acceptors (Lipinski definition) is 3. The first-order chi connectivity index (χ1) is 17.2. The Morgan fingerprint density at radius 3 is 2.24 bits per heavy atom. The van der Waals surface area contributed by atoms with Crippen molar-refractivity contribution in [2.24, 2.45) is 0 Å².